The first-order valence-electron chi connectivity index (χ1n) is 8.87. The van der Waals surface area contributed by atoms with Crippen LogP contribution in [0.25, 0.3) is 0 Å². The van der Waals surface area contributed by atoms with E-state index in [1.165, 1.54) is 11.1 Å². The van der Waals surface area contributed by atoms with Crippen LogP contribution in [0.2, 0.25) is 0 Å². The van der Waals surface area contributed by atoms with Gasteiger partial charge in [-0.3, -0.25) is 9.69 Å². The van der Waals surface area contributed by atoms with Crippen molar-refractivity contribution >= 4 is 5.91 Å². The van der Waals surface area contributed by atoms with Gasteiger partial charge in [0.2, 0.25) is 5.91 Å². The molecule has 1 unspecified atom stereocenters. The molecule has 0 bridgehead atoms. The Morgan fingerprint density at radius 2 is 1.91 bits per heavy atom. The average Bonchev–Trinajstić information content (AvgIpc) is 2.55. The maximum Gasteiger partial charge on any atom is 0.234 e. The van der Waals surface area contributed by atoms with Crippen molar-refractivity contribution in [2.45, 2.75) is 44.2 Å². The van der Waals surface area contributed by atoms with E-state index in [4.69, 9.17) is 0 Å². The van der Waals surface area contributed by atoms with Gasteiger partial charge in [-0.05, 0) is 70.4 Å². The first kappa shape index (κ1) is 16.5. The van der Waals surface area contributed by atoms with Crippen LogP contribution in [0.5, 0.6) is 0 Å². The molecule has 1 amide bonds. The molecular formula is C19H29N3O. The van der Waals surface area contributed by atoms with Crippen molar-refractivity contribution in [3.05, 3.63) is 35.4 Å². The smallest absolute Gasteiger partial charge is 0.234 e. The van der Waals surface area contributed by atoms with Crippen LogP contribution in [0.3, 0.4) is 0 Å². The predicted octanol–water partition coefficient (Wildman–Crippen LogP) is 1.69. The summed E-state index contributed by atoms with van der Waals surface area (Å²) in [5.74, 6) is 0.177. The van der Waals surface area contributed by atoms with Gasteiger partial charge >= 0.3 is 0 Å². The first-order chi connectivity index (χ1) is 11.1. The Morgan fingerprint density at radius 1 is 1.22 bits per heavy atom. The van der Waals surface area contributed by atoms with Crippen molar-refractivity contribution in [2.75, 3.05) is 33.7 Å². The zero-order valence-electron chi connectivity index (χ0n) is 14.4. The molecule has 4 heteroatoms. The molecule has 1 aromatic carbocycles. The number of likely N-dealkylation sites (tertiary alicyclic amines) is 1. The third kappa shape index (κ3) is 4.33. The number of rotatable bonds is 4. The Morgan fingerprint density at radius 3 is 2.65 bits per heavy atom. The van der Waals surface area contributed by atoms with E-state index in [-0.39, 0.29) is 5.91 Å². The van der Waals surface area contributed by atoms with Crippen LogP contribution in [-0.2, 0) is 17.6 Å². The van der Waals surface area contributed by atoms with Crippen molar-refractivity contribution in [1.29, 1.82) is 0 Å². The van der Waals surface area contributed by atoms with E-state index in [0.717, 1.165) is 45.2 Å². The number of fused-ring (bicyclic) bond motifs is 1. The van der Waals surface area contributed by atoms with Gasteiger partial charge in [-0.15, -0.1) is 0 Å². The lowest BCUT2D eigenvalue weighted by Gasteiger charge is -2.35. The largest absolute Gasteiger partial charge is 0.352 e. The molecule has 1 saturated heterocycles. The van der Waals surface area contributed by atoms with Crippen LogP contribution in [0.15, 0.2) is 24.3 Å². The van der Waals surface area contributed by atoms with Gasteiger partial charge in [0, 0.05) is 12.1 Å². The minimum atomic E-state index is 0.177. The van der Waals surface area contributed by atoms with Crippen LogP contribution in [-0.4, -0.2) is 61.5 Å². The Bertz CT molecular complexity index is 537. The quantitative estimate of drug-likeness (QED) is 0.918. The second-order valence-corrected chi connectivity index (χ2v) is 7.23. The number of carbonyl (C=O) groups excluding carboxylic acids is 1. The fourth-order valence-corrected chi connectivity index (χ4v) is 3.89. The number of carbonyl (C=O) groups is 1. The monoisotopic (exact) mass is 315 g/mol. The third-order valence-electron chi connectivity index (χ3n) is 5.42. The van der Waals surface area contributed by atoms with Crippen molar-refractivity contribution in [3.8, 4) is 0 Å². The highest BCUT2D eigenvalue weighted by Crippen LogP contribution is 2.21. The maximum atomic E-state index is 12.4. The summed E-state index contributed by atoms with van der Waals surface area (Å²) >= 11 is 0. The number of hydrogen-bond acceptors (Lipinski definition) is 3. The predicted molar refractivity (Wildman–Crippen MR) is 93.5 cm³/mol. The Labute approximate surface area is 139 Å². The zero-order chi connectivity index (χ0) is 16.2. The molecule has 126 valence electrons. The zero-order valence-corrected chi connectivity index (χ0v) is 14.4. The Hall–Kier alpha value is -1.39. The standard InChI is InChI=1S/C19H29N3O/c1-21-11-9-18(10-12-21)22(2)14-19(23)20-17-8-7-15-5-3-4-6-16(15)13-17/h3-6,17-18H,7-14H2,1-2H3,(H,20,23). The molecule has 0 saturated carbocycles. The van der Waals surface area contributed by atoms with Crippen molar-refractivity contribution in [2.24, 2.45) is 0 Å². The van der Waals surface area contributed by atoms with Gasteiger partial charge in [0.05, 0.1) is 6.54 Å². The number of nitrogens with one attached hydrogen (secondary N) is 1. The van der Waals surface area contributed by atoms with Gasteiger partial charge in [0.25, 0.3) is 0 Å². The van der Waals surface area contributed by atoms with Gasteiger partial charge in [-0.2, -0.15) is 0 Å². The third-order valence-corrected chi connectivity index (χ3v) is 5.42. The molecule has 1 atom stereocenters. The van der Waals surface area contributed by atoms with E-state index in [2.05, 4.69) is 53.5 Å². The molecule has 4 nitrogen and oxygen atoms in total. The molecular weight excluding hydrogens is 286 g/mol. The summed E-state index contributed by atoms with van der Waals surface area (Å²) in [5.41, 5.74) is 2.84. The molecule has 0 radical (unpaired) electrons. The second-order valence-electron chi connectivity index (χ2n) is 7.23. The lowest BCUT2D eigenvalue weighted by atomic mass is 9.88. The van der Waals surface area contributed by atoms with Crippen molar-refractivity contribution in [1.82, 2.24) is 15.1 Å². The van der Waals surface area contributed by atoms with E-state index < -0.39 is 0 Å². The van der Waals surface area contributed by atoms with Gasteiger partial charge in [-0.1, -0.05) is 24.3 Å². The summed E-state index contributed by atoms with van der Waals surface area (Å²) in [6.45, 7) is 2.79. The molecule has 1 fully saturated rings. The van der Waals surface area contributed by atoms with Crippen LogP contribution in [0.1, 0.15) is 30.4 Å². The first-order valence-corrected chi connectivity index (χ1v) is 8.87. The lowest BCUT2D eigenvalue weighted by molar-refractivity contribution is -0.123. The highest BCUT2D eigenvalue weighted by Gasteiger charge is 2.24. The van der Waals surface area contributed by atoms with E-state index in [9.17, 15) is 4.79 Å². The fourth-order valence-electron chi connectivity index (χ4n) is 3.89. The molecule has 0 aromatic heterocycles. The lowest BCUT2D eigenvalue weighted by Crippen LogP contribution is -2.48. The molecule has 1 aromatic rings. The summed E-state index contributed by atoms with van der Waals surface area (Å²) < 4.78 is 0. The van der Waals surface area contributed by atoms with Gasteiger partial charge in [-0.25, -0.2) is 0 Å². The average molecular weight is 315 g/mol. The number of benzene rings is 1. The van der Waals surface area contributed by atoms with E-state index in [1.54, 1.807) is 0 Å². The molecule has 1 aliphatic heterocycles. The molecule has 3 rings (SSSR count). The van der Waals surface area contributed by atoms with Crippen molar-refractivity contribution in [3.63, 3.8) is 0 Å². The molecule has 2 aliphatic rings. The summed E-state index contributed by atoms with van der Waals surface area (Å²) in [6, 6.07) is 9.44. The fraction of sp³-hybridized carbons (Fsp3) is 0.632. The number of nitrogens with zero attached hydrogens (tertiary/aromatic N) is 2. The Balaban J connectivity index is 1.46. The highest BCUT2D eigenvalue weighted by atomic mass is 16.2. The highest BCUT2D eigenvalue weighted by molar-refractivity contribution is 5.78. The molecule has 1 heterocycles. The number of likely N-dealkylation sites (N-methyl/N-ethyl adjacent to an activating group) is 1. The van der Waals surface area contributed by atoms with Crippen LogP contribution < -0.4 is 5.32 Å². The van der Waals surface area contributed by atoms with E-state index in [1.807, 2.05) is 0 Å². The van der Waals surface area contributed by atoms with Crippen LogP contribution >= 0.6 is 0 Å². The minimum absolute atomic E-state index is 0.177. The van der Waals surface area contributed by atoms with Crippen molar-refractivity contribution < 1.29 is 4.79 Å². The van der Waals surface area contributed by atoms with Crippen LogP contribution in [0.4, 0.5) is 0 Å². The van der Waals surface area contributed by atoms with Gasteiger partial charge < -0.3 is 10.2 Å². The van der Waals surface area contributed by atoms with E-state index >= 15 is 0 Å². The summed E-state index contributed by atoms with van der Waals surface area (Å²) in [6.07, 6.45) is 5.43. The number of amides is 1. The summed E-state index contributed by atoms with van der Waals surface area (Å²) in [5, 5.41) is 3.25. The second kappa shape index (κ2) is 7.45. The molecule has 1 aliphatic carbocycles. The maximum absolute atomic E-state index is 12.4. The summed E-state index contributed by atoms with van der Waals surface area (Å²) in [4.78, 5) is 17.0. The Kier molecular flexibility index (Phi) is 5.34. The number of aryl methyl sites for hydroxylation is 1. The summed E-state index contributed by atoms with van der Waals surface area (Å²) in [7, 11) is 4.26. The number of hydrogen-bond donors (Lipinski definition) is 1. The molecule has 1 N–H and O–H groups in total. The van der Waals surface area contributed by atoms with Gasteiger partial charge in [0.15, 0.2) is 0 Å². The topological polar surface area (TPSA) is 35.6 Å². The minimum Gasteiger partial charge on any atom is -0.352 e. The number of piperidine rings is 1. The van der Waals surface area contributed by atoms with E-state index in [0.29, 0.717) is 18.6 Å². The molecule has 0 spiro atoms. The normalized spacial score (nSPS) is 22.8. The molecule has 23 heavy (non-hydrogen) atoms. The van der Waals surface area contributed by atoms with Gasteiger partial charge in [0.1, 0.15) is 0 Å². The van der Waals surface area contributed by atoms with Crippen LogP contribution in [0, 0.1) is 0 Å². The SMILES string of the molecule is CN1CCC(N(C)CC(=O)NC2CCc3ccccc3C2)CC1.